The number of rotatable bonds is 4. The summed E-state index contributed by atoms with van der Waals surface area (Å²) < 4.78 is 0. The first-order chi connectivity index (χ1) is 7.83. The Balaban J connectivity index is 0.00000144. The van der Waals surface area contributed by atoms with Crippen molar-refractivity contribution >= 4 is 18.3 Å². The van der Waals surface area contributed by atoms with Crippen LogP contribution >= 0.6 is 12.4 Å². The smallest absolute Gasteiger partial charge is 0.225 e. The second-order valence-corrected chi connectivity index (χ2v) is 5.16. The standard InChI is InChI=1S/C13H24N2O.ClH/c1-2-9-15(12-7-8-14-10-12)13(16)11-5-3-4-6-11;/h11-12,14H,2-10H2,1H3;1H. The fourth-order valence-corrected chi connectivity index (χ4v) is 3.03. The minimum absolute atomic E-state index is 0. The zero-order valence-electron chi connectivity index (χ0n) is 10.8. The van der Waals surface area contributed by atoms with Gasteiger partial charge in [-0.3, -0.25) is 4.79 Å². The highest BCUT2D eigenvalue weighted by Crippen LogP contribution is 2.27. The van der Waals surface area contributed by atoms with Gasteiger partial charge in [-0.05, 0) is 32.2 Å². The predicted octanol–water partition coefficient (Wildman–Crippen LogP) is 2.20. The molecular formula is C13H25ClN2O. The first-order valence-corrected chi connectivity index (χ1v) is 6.84. The van der Waals surface area contributed by atoms with Crippen molar-refractivity contribution in [3.05, 3.63) is 0 Å². The van der Waals surface area contributed by atoms with Gasteiger partial charge >= 0.3 is 0 Å². The summed E-state index contributed by atoms with van der Waals surface area (Å²) in [5.41, 5.74) is 0. The van der Waals surface area contributed by atoms with E-state index in [1.165, 1.54) is 12.8 Å². The van der Waals surface area contributed by atoms with Gasteiger partial charge < -0.3 is 10.2 Å². The predicted molar refractivity (Wildman–Crippen MR) is 72.5 cm³/mol. The Bertz CT molecular complexity index is 236. The molecule has 1 amide bonds. The van der Waals surface area contributed by atoms with Crippen molar-refractivity contribution in [2.45, 2.75) is 51.5 Å². The van der Waals surface area contributed by atoms with Crippen LogP contribution in [0.1, 0.15) is 45.4 Å². The highest BCUT2D eigenvalue weighted by atomic mass is 35.5. The molecule has 1 aliphatic heterocycles. The first kappa shape index (κ1) is 14.8. The normalized spacial score (nSPS) is 24.6. The van der Waals surface area contributed by atoms with Crippen molar-refractivity contribution in [1.29, 1.82) is 0 Å². The summed E-state index contributed by atoms with van der Waals surface area (Å²) in [4.78, 5) is 14.6. The Labute approximate surface area is 111 Å². The van der Waals surface area contributed by atoms with E-state index in [9.17, 15) is 4.79 Å². The third-order valence-electron chi connectivity index (χ3n) is 3.93. The van der Waals surface area contributed by atoms with E-state index in [2.05, 4.69) is 17.1 Å². The number of hydrogen-bond donors (Lipinski definition) is 1. The van der Waals surface area contributed by atoms with Crippen LogP contribution in [0.25, 0.3) is 0 Å². The van der Waals surface area contributed by atoms with Crippen LogP contribution in [-0.4, -0.2) is 36.5 Å². The molecule has 2 aliphatic rings. The SMILES string of the molecule is CCCN(C(=O)C1CCCC1)C1CCNC1.Cl. The van der Waals surface area contributed by atoms with E-state index in [1.807, 2.05) is 0 Å². The zero-order valence-corrected chi connectivity index (χ0v) is 11.6. The molecule has 0 aromatic rings. The highest BCUT2D eigenvalue weighted by molar-refractivity contribution is 5.85. The van der Waals surface area contributed by atoms with Crippen molar-refractivity contribution < 1.29 is 4.79 Å². The molecule has 1 heterocycles. The molecule has 1 N–H and O–H groups in total. The van der Waals surface area contributed by atoms with E-state index in [0.717, 1.165) is 45.3 Å². The van der Waals surface area contributed by atoms with Gasteiger partial charge in [-0.25, -0.2) is 0 Å². The van der Waals surface area contributed by atoms with Crippen molar-refractivity contribution in [3.8, 4) is 0 Å². The number of hydrogen-bond acceptors (Lipinski definition) is 2. The fraction of sp³-hybridized carbons (Fsp3) is 0.923. The average molecular weight is 261 g/mol. The Morgan fingerprint density at radius 3 is 2.53 bits per heavy atom. The first-order valence-electron chi connectivity index (χ1n) is 6.84. The lowest BCUT2D eigenvalue weighted by Gasteiger charge is -2.30. The van der Waals surface area contributed by atoms with Crippen LogP contribution in [0.5, 0.6) is 0 Å². The van der Waals surface area contributed by atoms with E-state index in [-0.39, 0.29) is 12.4 Å². The van der Waals surface area contributed by atoms with Crippen LogP contribution in [0, 0.1) is 5.92 Å². The van der Waals surface area contributed by atoms with Crippen LogP contribution in [0.3, 0.4) is 0 Å². The number of halogens is 1. The number of carbonyl (C=O) groups is 1. The Morgan fingerprint density at radius 1 is 1.29 bits per heavy atom. The third-order valence-corrected chi connectivity index (χ3v) is 3.93. The summed E-state index contributed by atoms with van der Waals surface area (Å²) in [7, 11) is 0. The number of amides is 1. The number of nitrogens with one attached hydrogen (secondary N) is 1. The molecule has 17 heavy (non-hydrogen) atoms. The van der Waals surface area contributed by atoms with Gasteiger partial charge in [0.25, 0.3) is 0 Å². The van der Waals surface area contributed by atoms with Crippen molar-refractivity contribution in [1.82, 2.24) is 10.2 Å². The van der Waals surface area contributed by atoms with Crippen LogP contribution in [0.15, 0.2) is 0 Å². The highest BCUT2D eigenvalue weighted by Gasteiger charge is 2.31. The maximum absolute atomic E-state index is 12.4. The van der Waals surface area contributed by atoms with Gasteiger partial charge in [0, 0.05) is 25.0 Å². The van der Waals surface area contributed by atoms with E-state index < -0.39 is 0 Å². The zero-order chi connectivity index (χ0) is 11.4. The topological polar surface area (TPSA) is 32.3 Å². The van der Waals surface area contributed by atoms with Gasteiger partial charge in [0.15, 0.2) is 0 Å². The molecule has 4 heteroatoms. The molecule has 0 radical (unpaired) electrons. The van der Waals surface area contributed by atoms with Crippen molar-refractivity contribution in [2.75, 3.05) is 19.6 Å². The molecule has 1 unspecified atom stereocenters. The van der Waals surface area contributed by atoms with E-state index in [1.54, 1.807) is 0 Å². The summed E-state index contributed by atoms with van der Waals surface area (Å²) in [6, 6.07) is 0.466. The van der Waals surface area contributed by atoms with Gasteiger partial charge in [-0.1, -0.05) is 19.8 Å². The summed E-state index contributed by atoms with van der Waals surface area (Å²) >= 11 is 0. The lowest BCUT2D eigenvalue weighted by molar-refractivity contribution is -0.137. The monoisotopic (exact) mass is 260 g/mol. The maximum Gasteiger partial charge on any atom is 0.225 e. The Morgan fingerprint density at radius 2 is 2.00 bits per heavy atom. The van der Waals surface area contributed by atoms with Crippen LogP contribution in [-0.2, 0) is 4.79 Å². The molecule has 1 saturated carbocycles. The molecule has 0 spiro atoms. The summed E-state index contributed by atoms with van der Waals surface area (Å²) in [6.45, 7) is 5.18. The molecular weight excluding hydrogens is 236 g/mol. The number of nitrogens with zero attached hydrogens (tertiary/aromatic N) is 1. The molecule has 0 aromatic carbocycles. The number of carbonyl (C=O) groups excluding carboxylic acids is 1. The molecule has 1 atom stereocenters. The summed E-state index contributed by atoms with van der Waals surface area (Å²) in [5, 5.41) is 3.36. The molecule has 3 nitrogen and oxygen atoms in total. The molecule has 0 aromatic heterocycles. The Hall–Kier alpha value is -0.280. The largest absolute Gasteiger partial charge is 0.338 e. The van der Waals surface area contributed by atoms with Crippen LogP contribution in [0.2, 0.25) is 0 Å². The molecule has 2 fully saturated rings. The van der Waals surface area contributed by atoms with Crippen LogP contribution < -0.4 is 5.32 Å². The maximum atomic E-state index is 12.4. The van der Waals surface area contributed by atoms with Crippen LogP contribution in [0.4, 0.5) is 0 Å². The fourth-order valence-electron chi connectivity index (χ4n) is 3.03. The minimum atomic E-state index is 0. The molecule has 2 rings (SSSR count). The third kappa shape index (κ3) is 3.59. The van der Waals surface area contributed by atoms with Gasteiger partial charge in [0.1, 0.15) is 0 Å². The minimum Gasteiger partial charge on any atom is -0.338 e. The van der Waals surface area contributed by atoms with Crippen molar-refractivity contribution in [3.63, 3.8) is 0 Å². The average Bonchev–Trinajstić information content (AvgIpc) is 2.96. The van der Waals surface area contributed by atoms with E-state index in [4.69, 9.17) is 0 Å². The second-order valence-electron chi connectivity index (χ2n) is 5.16. The van der Waals surface area contributed by atoms with Gasteiger partial charge in [0.05, 0.1) is 0 Å². The summed E-state index contributed by atoms with van der Waals surface area (Å²) in [5.74, 6) is 0.778. The van der Waals surface area contributed by atoms with Gasteiger partial charge in [0.2, 0.25) is 5.91 Å². The quantitative estimate of drug-likeness (QED) is 0.841. The molecule has 0 bridgehead atoms. The lowest BCUT2D eigenvalue weighted by Crippen LogP contribution is -2.44. The van der Waals surface area contributed by atoms with Gasteiger partial charge in [-0.2, -0.15) is 0 Å². The summed E-state index contributed by atoms with van der Waals surface area (Å²) in [6.07, 6.45) is 6.96. The van der Waals surface area contributed by atoms with Gasteiger partial charge in [-0.15, -0.1) is 12.4 Å². The molecule has 1 aliphatic carbocycles. The second kappa shape index (κ2) is 7.22. The van der Waals surface area contributed by atoms with Crippen molar-refractivity contribution in [2.24, 2.45) is 5.92 Å². The molecule has 1 saturated heterocycles. The Kier molecular flexibility index (Phi) is 6.28. The molecule has 100 valence electrons. The van der Waals surface area contributed by atoms with E-state index in [0.29, 0.717) is 17.9 Å². The lowest BCUT2D eigenvalue weighted by atomic mass is 10.0. The van der Waals surface area contributed by atoms with E-state index >= 15 is 0 Å².